The Balaban J connectivity index is 2.77. The lowest BCUT2D eigenvalue weighted by atomic mass is 10.1. The third-order valence-corrected chi connectivity index (χ3v) is 1.83. The molecular weight excluding hydrogens is 156 g/mol. The minimum Gasteiger partial charge on any atom is -0.0879 e. The predicted octanol–water partition coefficient (Wildman–Crippen LogP) is 3.27. The third kappa shape index (κ3) is 2.39. The van der Waals surface area contributed by atoms with Gasteiger partial charge in [0.25, 0.3) is 0 Å². The van der Waals surface area contributed by atoms with Gasteiger partial charge in [0.1, 0.15) is 0 Å². The quantitative estimate of drug-likeness (QED) is 0.631. The summed E-state index contributed by atoms with van der Waals surface area (Å²) in [4.78, 5) is 0. The maximum atomic E-state index is 5.91. The maximum Gasteiger partial charge on any atom is 0.0441 e. The molecule has 0 aromatic heterocycles. The van der Waals surface area contributed by atoms with Crippen molar-refractivity contribution in [3.05, 3.63) is 53.9 Å². The van der Waals surface area contributed by atoms with Gasteiger partial charge in [-0.2, -0.15) is 0 Å². The number of benzene rings is 1. The molecule has 0 unspecified atom stereocenters. The van der Waals surface area contributed by atoms with Crippen LogP contribution in [0.3, 0.4) is 0 Å². The first-order valence-corrected chi connectivity index (χ1v) is 3.90. The zero-order valence-corrected chi connectivity index (χ0v) is 7.01. The van der Waals surface area contributed by atoms with Gasteiger partial charge >= 0.3 is 0 Å². The van der Waals surface area contributed by atoms with Crippen molar-refractivity contribution in [1.29, 1.82) is 0 Å². The minimum absolute atomic E-state index is 0.825. The fourth-order valence-electron chi connectivity index (χ4n) is 0.874. The Kier molecular flexibility index (Phi) is 3.18. The van der Waals surface area contributed by atoms with E-state index in [-0.39, 0.29) is 0 Å². The molecule has 0 bridgehead atoms. The summed E-state index contributed by atoms with van der Waals surface area (Å²) in [5, 5.41) is 0.825. The summed E-state index contributed by atoms with van der Waals surface area (Å²) in [5.74, 6) is 0. The van der Waals surface area contributed by atoms with Crippen molar-refractivity contribution in [2.75, 3.05) is 0 Å². The highest BCUT2D eigenvalue weighted by molar-refractivity contribution is 6.31. The molecule has 0 fully saturated rings. The van der Waals surface area contributed by atoms with Gasteiger partial charge in [-0.05, 0) is 25.0 Å². The Bertz CT molecular complexity index is 251. The Labute approximate surface area is 72.5 Å². The molecule has 0 spiro atoms. The fraction of sp³-hybridized carbons (Fsp3) is 0.100. The van der Waals surface area contributed by atoms with Crippen LogP contribution >= 0.6 is 11.6 Å². The van der Waals surface area contributed by atoms with Crippen LogP contribution in [0.25, 0.3) is 0 Å². The van der Waals surface area contributed by atoms with Gasteiger partial charge in [0.2, 0.25) is 0 Å². The summed E-state index contributed by atoms with van der Waals surface area (Å²) in [7, 11) is 0. The third-order valence-electron chi connectivity index (χ3n) is 1.46. The Hall–Kier alpha value is -0.750. The number of hydrogen-bond acceptors (Lipinski definition) is 0. The molecule has 57 valence electrons. The van der Waals surface area contributed by atoms with E-state index in [0.29, 0.717) is 0 Å². The fourth-order valence-corrected chi connectivity index (χ4v) is 1.09. The lowest BCUT2D eigenvalue weighted by Gasteiger charge is -1.97. The van der Waals surface area contributed by atoms with Crippen LogP contribution in [0.5, 0.6) is 0 Å². The monoisotopic (exact) mass is 165 g/mol. The van der Waals surface area contributed by atoms with Crippen molar-refractivity contribution in [2.45, 2.75) is 6.42 Å². The highest BCUT2D eigenvalue weighted by atomic mass is 35.5. The van der Waals surface area contributed by atoms with Gasteiger partial charge in [-0.3, -0.25) is 0 Å². The van der Waals surface area contributed by atoms with E-state index < -0.39 is 0 Å². The van der Waals surface area contributed by atoms with Gasteiger partial charge in [-0.15, -0.1) is 0 Å². The molecule has 11 heavy (non-hydrogen) atoms. The average molecular weight is 166 g/mol. The van der Waals surface area contributed by atoms with Crippen LogP contribution in [0, 0.1) is 6.92 Å². The van der Waals surface area contributed by atoms with E-state index >= 15 is 0 Å². The van der Waals surface area contributed by atoms with Crippen LogP contribution in [0.4, 0.5) is 0 Å². The number of allylic oxidation sites excluding steroid dienone is 2. The molecule has 0 saturated heterocycles. The van der Waals surface area contributed by atoms with Crippen molar-refractivity contribution in [3.63, 3.8) is 0 Å². The molecule has 0 amide bonds. The predicted molar refractivity (Wildman–Crippen MR) is 49.7 cm³/mol. The van der Waals surface area contributed by atoms with E-state index in [0.717, 1.165) is 17.0 Å². The second kappa shape index (κ2) is 4.20. The topological polar surface area (TPSA) is 0 Å². The molecule has 1 aromatic rings. The van der Waals surface area contributed by atoms with E-state index in [1.165, 1.54) is 0 Å². The van der Waals surface area contributed by atoms with Crippen LogP contribution in [-0.2, 0) is 6.42 Å². The van der Waals surface area contributed by atoms with Gasteiger partial charge in [0.05, 0.1) is 0 Å². The van der Waals surface area contributed by atoms with Crippen molar-refractivity contribution in [2.24, 2.45) is 0 Å². The molecule has 0 N–H and O–H groups in total. The van der Waals surface area contributed by atoms with Crippen LogP contribution in [0.15, 0.2) is 36.4 Å². The highest BCUT2D eigenvalue weighted by Crippen LogP contribution is 2.15. The molecule has 1 heteroatoms. The minimum atomic E-state index is 0.825. The summed E-state index contributed by atoms with van der Waals surface area (Å²) in [6, 6.07) is 7.83. The average Bonchev–Trinajstić information content (AvgIpc) is 2.03. The van der Waals surface area contributed by atoms with E-state index in [2.05, 4.69) is 6.92 Å². The maximum absolute atomic E-state index is 5.91. The summed E-state index contributed by atoms with van der Waals surface area (Å²) >= 11 is 5.91. The van der Waals surface area contributed by atoms with Crippen LogP contribution in [0.1, 0.15) is 5.56 Å². The second-order valence-electron chi connectivity index (χ2n) is 2.27. The van der Waals surface area contributed by atoms with Crippen molar-refractivity contribution < 1.29 is 0 Å². The molecule has 1 aromatic carbocycles. The second-order valence-corrected chi connectivity index (χ2v) is 2.67. The molecule has 0 aliphatic carbocycles. The van der Waals surface area contributed by atoms with Gasteiger partial charge in [0.15, 0.2) is 0 Å². The lowest BCUT2D eigenvalue weighted by Crippen LogP contribution is -1.80. The molecular formula is C10H10Cl. The Morgan fingerprint density at radius 2 is 2.09 bits per heavy atom. The first kappa shape index (κ1) is 8.35. The molecule has 0 aliphatic rings. The van der Waals surface area contributed by atoms with Crippen LogP contribution in [-0.4, -0.2) is 0 Å². The van der Waals surface area contributed by atoms with Crippen molar-refractivity contribution in [3.8, 4) is 0 Å². The van der Waals surface area contributed by atoms with Crippen molar-refractivity contribution in [1.82, 2.24) is 0 Å². The molecule has 1 rings (SSSR count). The number of halogens is 1. The van der Waals surface area contributed by atoms with Crippen LogP contribution < -0.4 is 0 Å². The van der Waals surface area contributed by atoms with E-state index in [4.69, 9.17) is 11.6 Å². The standard InChI is InChI=1S/C10H10Cl/c1-2-3-6-9-7-4-5-8-10(9)11/h2-5,7-8H,1,6H2/b3-2+. The number of hydrogen-bond donors (Lipinski definition) is 0. The molecule has 0 saturated carbocycles. The SMILES string of the molecule is [CH2]/C=C/Cc1ccccc1Cl. The van der Waals surface area contributed by atoms with Gasteiger partial charge in [-0.25, -0.2) is 0 Å². The zero-order valence-electron chi connectivity index (χ0n) is 6.26. The lowest BCUT2D eigenvalue weighted by molar-refractivity contribution is 1.27. The normalized spacial score (nSPS) is 10.7. The Morgan fingerprint density at radius 3 is 2.73 bits per heavy atom. The smallest absolute Gasteiger partial charge is 0.0441 e. The van der Waals surface area contributed by atoms with Gasteiger partial charge < -0.3 is 0 Å². The first-order valence-electron chi connectivity index (χ1n) is 3.52. The summed E-state index contributed by atoms with van der Waals surface area (Å²) in [6.07, 6.45) is 4.63. The highest BCUT2D eigenvalue weighted by Gasteiger charge is 1.93. The molecule has 1 radical (unpaired) electrons. The first-order chi connectivity index (χ1) is 5.34. The van der Waals surface area contributed by atoms with Crippen LogP contribution in [0.2, 0.25) is 5.02 Å². The summed E-state index contributed by atoms with van der Waals surface area (Å²) in [6.45, 7) is 3.61. The number of rotatable bonds is 2. The Morgan fingerprint density at radius 1 is 1.36 bits per heavy atom. The van der Waals surface area contributed by atoms with Crippen molar-refractivity contribution >= 4 is 11.6 Å². The summed E-state index contributed by atoms with van der Waals surface area (Å²) in [5.41, 5.74) is 1.15. The molecule has 0 nitrogen and oxygen atoms in total. The molecule has 0 heterocycles. The van der Waals surface area contributed by atoms with E-state index in [9.17, 15) is 0 Å². The van der Waals surface area contributed by atoms with Gasteiger partial charge in [0, 0.05) is 5.02 Å². The van der Waals surface area contributed by atoms with E-state index in [1.54, 1.807) is 6.08 Å². The largest absolute Gasteiger partial charge is 0.0879 e. The molecule has 0 atom stereocenters. The van der Waals surface area contributed by atoms with E-state index in [1.807, 2.05) is 30.3 Å². The van der Waals surface area contributed by atoms with Gasteiger partial charge in [-0.1, -0.05) is 42.0 Å². The molecule has 0 aliphatic heterocycles. The summed E-state index contributed by atoms with van der Waals surface area (Å²) < 4.78 is 0. The zero-order chi connectivity index (χ0) is 8.10.